The minimum absolute atomic E-state index is 0.155. The molecule has 2 heterocycles. The van der Waals surface area contributed by atoms with E-state index in [4.69, 9.17) is 0 Å². The van der Waals surface area contributed by atoms with Crippen molar-refractivity contribution < 1.29 is 0 Å². The lowest BCUT2D eigenvalue weighted by Gasteiger charge is -2.09. The molecule has 5 aromatic rings. The molecule has 3 aromatic carbocycles. The number of hydrogen-bond acceptors (Lipinski definition) is 6. The fourth-order valence-electron chi connectivity index (χ4n) is 4.17. The average molecular weight is 394 g/mol. The van der Waals surface area contributed by atoms with Crippen LogP contribution >= 0.6 is 0 Å². The van der Waals surface area contributed by atoms with Gasteiger partial charge in [-0.1, -0.05) is 0 Å². The number of nitrogens with zero attached hydrogens (tertiary/aromatic N) is 4. The Hall–Kier alpha value is -4.56. The van der Waals surface area contributed by atoms with Gasteiger partial charge in [0.15, 0.2) is 0 Å². The maximum Gasteiger partial charge on any atom is 0.261 e. The molecule has 0 amide bonds. The van der Waals surface area contributed by atoms with Gasteiger partial charge in [0.05, 0.1) is 32.7 Å². The van der Waals surface area contributed by atoms with Crippen molar-refractivity contribution in [2.45, 2.75) is 0 Å². The van der Waals surface area contributed by atoms with Crippen molar-refractivity contribution in [3.05, 3.63) is 76.8 Å². The third-order valence-electron chi connectivity index (χ3n) is 5.76. The molecule has 30 heavy (non-hydrogen) atoms. The molecule has 0 aliphatic heterocycles. The molecule has 0 bridgehead atoms. The van der Waals surface area contributed by atoms with Crippen LogP contribution in [-0.2, 0) is 14.1 Å². The summed E-state index contributed by atoms with van der Waals surface area (Å²) in [6, 6.07) is 9.96. The van der Waals surface area contributed by atoms with Gasteiger partial charge >= 0.3 is 0 Å². The molecule has 0 aliphatic rings. The Morgan fingerprint density at radius 2 is 0.767 bits per heavy atom. The summed E-state index contributed by atoms with van der Waals surface area (Å²) in [5, 5.41) is 21.7. The molecular formula is C22H10N4O4. The summed E-state index contributed by atoms with van der Waals surface area (Å²) in [6.07, 6.45) is 0. The Labute approximate surface area is 166 Å². The van der Waals surface area contributed by atoms with Gasteiger partial charge in [0.1, 0.15) is 12.1 Å². The number of fused-ring (bicyclic) bond motifs is 4. The van der Waals surface area contributed by atoms with Crippen LogP contribution in [0.15, 0.2) is 43.4 Å². The van der Waals surface area contributed by atoms with Gasteiger partial charge in [0.25, 0.3) is 22.2 Å². The van der Waals surface area contributed by atoms with Crippen molar-refractivity contribution in [1.82, 2.24) is 9.13 Å². The van der Waals surface area contributed by atoms with Crippen LogP contribution in [0.25, 0.3) is 43.1 Å². The van der Waals surface area contributed by atoms with Crippen LogP contribution in [0.5, 0.6) is 0 Å². The standard InChI is InChI=1S/C22H10N4O4/c1-25-19(27)13-3-9-10(4-14(13)20(25)28)18(8-24)12-6-16-15(5-11(12)17(9)7-23)21(29)26(2)22(16)30/h3-6H,1-2H3. The minimum atomic E-state index is -0.490. The van der Waals surface area contributed by atoms with Gasteiger partial charge in [-0.25, -0.2) is 0 Å². The molecule has 0 N–H and O–H groups in total. The van der Waals surface area contributed by atoms with Gasteiger partial charge in [-0.05, 0) is 24.3 Å². The highest BCUT2D eigenvalue weighted by Gasteiger charge is 2.21. The molecule has 142 valence electrons. The molecule has 0 atom stereocenters. The first-order chi connectivity index (χ1) is 14.3. The Bertz CT molecular complexity index is 1660. The molecule has 8 nitrogen and oxygen atoms in total. The van der Waals surface area contributed by atoms with E-state index >= 15 is 0 Å². The predicted molar refractivity (Wildman–Crippen MR) is 111 cm³/mol. The molecule has 0 saturated heterocycles. The van der Waals surface area contributed by atoms with Crippen LogP contribution in [0.4, 0.5) is 0 Å². The molecule has 8 heteroatoms. The first kappa shape index (κ1) is 17.5. The SMILES string of the molecule is Cn1c(=O)c2cc3c(C#N)c4cc5c(=O)n(C)c(=O)c5cc4c(C#N)c3cc2c1=O. The molecule has 0 unspecified atom stereocenters. The zero-order chi connectivity index (χ0) is 21.5. The van der Waals surface area contributed by atoms with Gasteiger partial charge in [0, 0.05) is 35.6 Å². The van der Waals surface area contributed by atoms with Crippen LogP contribution in [0.3, 0.4) is 0 Å². The fourth-order valence-corrected chi connectivity index (χ4v) is 4.17. The van der Waals surface area contributed by atoms with Crippen LogP contribution in [0, 0.1) is 22.7 Å². The summed E-state index contributed by atoms with van der Waals surface area (Å²) in [7, 11) is 2.72. The maximum atomic E-state index is 12.4. The zero-order valence-corrected chi connectivity index (χ0v) is 15.7. The summed E-state index contributed by atoms with van der Waals surface area (Å²) < 4.78 is 1.95. The van der Waals surface area contributed by atoms with Crippen LogP contribution in [0.2, 0.25) is 0 Å². The quantitative estimate of drug-likeness (QED) is 0.361. The molecule has 0 fully saturated rings. The van der Waals surface area contributed by atoms with Crippen LogP contribution < -0.4 is 22.2 Å². The van der Waals surface area contributed by atoms with E-state index in [0.29, 0.717) is 21.5 Å². The molecule has 0 aliphatic carbocycles. The van der Waals surface area contributed by atoms with Gasteiger partial charge in [-0.15, -0.1) is 0 Å². The molecular weight excluding hydrogens is 384 g/mol. The van der Waals surface area contributed by atoms with Crippen molar-refractivity contribution in [3.8, 4) is 12.1 Å². The Kier molecular flexibility index (Phi) is 3.21. The third kappa shape index (κ3) is 1.87. The van der Waals surface area contributed by atoms with Gasteiger partial charge in [0.2, 0.25) is 0 Å². The summed E-state index contributed by atoms with van der Waals surface area (Å²) in [5.74, 6) is 0. The summed E-state index contributed by atoms with van der Waals surface area (Å²) in [6.45, 7) is 0. The zero-order valence-electron chi connectivity index (χ0n) is 15.7. The van der Waals surface area contributed by atoms with Crippen LogP contribution in [-0.4, -0.2) is 9.13 Å². The number of benzene rings is 3. The Morgan fingerprint density at radius 1 is 0.533 bits per heavy atom. The fraction of sp³-hybridized carbons (Fsp3) is 0.0909. The number of rotatable bonds is 0. The topological polar surface area (TPSA) is 126 Å². The van der Waals surface area contributed by atoms with Crippen molar-refractivity contribution in [2.24, 2.45) is 14.1 Å². The highest BCUT2D eigenvalue weighted by molar-refractivity contribution is 6.15. The van der Waals surface area contributed by atoms with E-state index < -0.39 is 22.2 Å². The molecule has 5 rings (SSSR count). The second kappa shape index (κ2) is 5.49. The smallest absolute Gasteiger partial charge is 0.261 e. The largest absolute Gasteiger partial charge is 0.277 e. The van der Waals surface area contributed by atoms with E-state index in [1.165, 1.54) is 38.4 Å². The van der Waals surface area contributed by atoms with E-state index in [0.717, 1.165) is 9.13 Å². The normalized spacial score (nSPS) is 11.5. The monoisotopic (exact) mass is 394 g/mol. The molecule has 0 spiro atoms. The first-order valence-electron chi connectivity index (χ1n) is 8.86. The average Bonchev–Trinajstić information content (AvgIpc) is 3.09. The second-order valence-electron chi connectivity index (χ2n) is 7.20. The highest BCUT2D eigenvalue weighted by Crippen LogP contribution is 2.35. The van der Waals surface area contributed by atoms with E-state index in [-0.39, 0.29) is 32.7 Å². The van der Waals surface area contributed by atoms with Gasteiger partial charge in [-0.2, -0.15) is 10.5 Å². The lowest BCUT2D eigenvalue weighted by molar-refractivity contribution is 0.856. The number of aromatic nitrogens is 2. The van der Waals surface area contributed by atoms with E-state index in [2.05, 4.69) is 12.1 Å². The van der Waals surface area contributed by atoms with Gasteiger partial charge in [-0.3, -0.25) is 28.3 Å². The van der Waals surface area contributed by atoms with E-state index in [1.54, 1.807) is 0 Å². The van der Waals surface area contributed by atoms with Crippen LogP contribution in [0.1, 0.15) is 11.1 Å². The number of nitriles is 2. The molecule has 2 aromatic heterocycles. The summed E-state index contributed by atoms with van der Waals surface area (Å²) in [5.41, 5.74) is -1.64. The molecule has 0 saturated carbocycles. The second-order valence-corrected chi connectivity index (χ2v) is 7.20. The molecule has 0 radical (unpaired) electrons. The predicted octanol–water partition coefficient (Wildman–Crippen LogP) is 1.04. The Morgan fingerprint density at radius 3 is 0.967 bits per heavy atom. The summed E-state index contributed by atoms with van der Waals surface area (Å²) in [4.78, 5) is 49.6. The minimum Gasteiger partial charge on any atom is -0.277 e. The van der Waals surface area contributed by atoms with Crippen molar-refractivity contribution in [1.29, 1.82) is 10.5 Å². The summed E-state index contributed by atoms with van der Waals surface area (Å²) >= 11 is 0. The van der Waals surface area contributed by atoms with Crippen molar-refractivity contribution in [2.75, 3.05) is 0 Å². The van der Waals surface area contributed by atoms with Crippen molar-refractivity contribution in [3.63, 3.8) is 0 Å². The third-order valence-corrected chi connectivity index (χ3v) is 5.76. The highest BCUT2D eigenvalue weighted by atomic mass is 16.2. The lowest BCUT2D eigenvalue weighted by atomic mass is 9.90. The first-order valence-corrected chi connectivity index (χ1v) is 8.86. The number of hydrogen-bond donors (Lipinski definition) is 0. The van der Waals surface area contributed by atoms with Gasteiger partial charge < -0.3 is 0 Å². The van der Waals surface area contributed by atoms with E-state index in [9.17, 15) is 29.7 Å². The lowest BCUT2D eigenvalue weighted by Crippen LogP contribution is -2.20. The van der Waals surface area contributed by atoms with E-state index in [1.807, 2.05) is 0 Å². The van der Waals surface area contributed by atoms with Crippen molar-refractivity contribution >= 4 is 43.1 Å². The maximum absolute atomic E-state index is 12.4. The Balaban J connectivity index is 2.17.